The van der Waals surface area contributed by atoms with Gasteiger partial charge in [-0.2, -0.15) is 0 Å². The molecule has 0 aliphatic carbocycles. The number of amides is 1. The van der Waals surface area contributed by atoms with Crippen molar-refractivity contribution in [2.24, 2.45) is 0 Å². The van der Waals surface area contributed by atoms with Crippen LogP contribution in [0, 0.1) is 17.0 Å². The van der Waals surface area contributed by atoms with Crippen LogP contribution in [-0.4, -0.2) is 30.5 Å². The standard InChI is InChI=1S/C17H16N2O6/c1-11-4-3-5-14(16(11)17(21)24-2)18-15(20)10-25-13-8-6-12(7-9-13)19(22)23/h3-9H,10H2,1-2H3,(H,18,20). The zero-order valence-electron chi connectivity index (χ0n) is 13.6. The lowest BCUT2D eigenvalue weighted by Gasteiger charge is -2.12. The number of nitrogens with zero attached hydrogens (tertiary/aromatic N) is 1. The molecule has 0 aromatic heterocycles. The molecular formula is C17H16N2O6. The lowest BCUT2D eigenvalue weighted by Crippen LogP contribution is -2.22. The molecule has 2 aromatic rings. The highest BCUT2D eigenvalue weighted by Gasteiger charge is 2.16. The molecule has 0 fully saturated rings. The Balaban J connectivity index is 2.02. The molecule has 0 bridgehead atoms. The Morgan fingerprint density at radius 1 is 1.16 bits per heavy atom. The summed E-state index contributed by atoms with van der Waals surface area (Å²) in [6, 6.07) is 10.4. The third kappa shape index (κ3) is 4.54. The van der Waals surface area contributed by atoms with Gasteiger partial charge in [0.1, 0.15) is 5.75 Å². The molecule has 0 aliphatic heterocycles. The van der Waals surface area contributed by atoms with E-state index in [0.29, 0.717) is 17.0 Å². The normalized spacial score (nSPS) is 10.0. The molecule has 8 nitrogen and oxygen atoms in total. The third-order valence-electron chi connectivity index (χ3n) is 3.35. The topological polar surface area (TPSA) is 108 Å². The van der Waals surface area contributed by atoms with Crippen molar-refractivity contribution in [1.82, 2.24) is 0 Å². The van der Waals surface area contributed by atoms with Crippen molar-refractivity contribution in [3.8, 4) is 5.75 Å². The molecule has 0 heterocycles. The predicted octanol–water partition coefficient (Wildman–Crippen LogP) is 2.71. The predicted molar refractivity (Wildman–Crippen MR) is 89.7 cm³/mol. The van der Waals surface area contributed by atoms with Gasteiger partial charge in [-0.15, -0.1) is 0 Å². The first-order valence-electron chi connectivity index (χ1n) is 7.27. The highest BCUT2D eigenvalue weighted by atomic mass is 16.6. The fourth-order valence-corrected chi connectivity index (χ4v) is 2.14. The van der Waals surface area contributed by atoms with Gasteiger partial charge < -0.3 is 14.8 Å². The molecule has 130 valence electrons. The van der Waals surface area contributed by atoms with E-state index in [0.717, 1.165) is 0 Å². The summed E-state index contributed by atoms with van der Waals surface area (Å²) in [7, 11) is 1.26. The number of benzene rings is 2. The second-order valence-corrected chi connectivity index (χ2v) is 5.08. The highest BCUT2D eigenvalue weighted by molar-refractivity contribution is 6.02. The van der Waals surface area contributed by atoms with Gasteiger partial charge in [0.2, 0.25) is 0 Å². The van der Waals surface area contributed by atoms with Crippen molar-refractivity contribution >= 4 is 23.3 Å². The molecule has 0 aliphatic rings. The molecular weight excluding hydrogens is 328 g/mol. The van der Waals surface area contributed by atoms with E-state index < -0.39 is 16.8 Å². The van der Waals surface area contributed by atoms with E-state index in [1.54, 1.807) is 25.1 Å². The summed E-state index contributed by atoms with van der Waals surface area (Å²) >= 11 is 0. The van der Waals surface area contributed by atoms with Crippen molar-refractivity contribution in [2.75, 3.05) is 19.0 Å². The first-order chi connectivity index (χ1) is 11.9. The minimum Gasteiger partial charge on any atom is -0.484 e. The zero-order chi connectivity index (χ0) is 18.4. The van der Waals surface area contributed by atoms with Crippen molar-refractivity contribution in [1.29, 1.82) is 0 Å². The Morgan fingerprint density at radius 3 is 2.44 bits per heavy atom. The molecule has 0 saturated carbocycles. The monoisotopic (exact) mass is 344 g/mol. The number of carbonyl (C=O) groups is 2. The SMILES string of the molecule is COC(=O)c1c(C)cccc1NC(=O)COc1ccc([N+](=O)[O-])cc1. The average molecular weight is 344 g/mol. The van der Waals surface area contributed by atoms with Gasteiger partial charge in [-0.05, 0) is 30.7 Å². The van der Waals surface area contributed by atoms with E-state index in [4.69, 9.17) is 9.47 Å². The van der Waals surface area contributed by atoms with E-state index in [1.807, 2.05) is 0 Å². The Bertz CT molecular complexity index is 801. The van der Waals surface area contributed by atoms with Crippen LogP contribution in [0.15, 0.2) is 42.5 Å². The Kier molecular flexibility index (Phi) is 5.67. The van der Waals surface area contributed by atoms with Gasteiger partial charge in [-0.3, -0.25) is 14.9 Å². The van der Waals surface area contributed by atoms with Crippen LogP contribution >= 0.6 is 0 Å². The fourth-order valence-electron chi connectivity index (χ4n) is 2.14. The quantitative estimate of drug-likeness (QED) is 0.490. The van der Waals surface area contributed by atoms with Gasteiger partial charge in [0.05, 0.1) is 23.3 Å². The molecule has 0 unspecified atom stereocenters. The van der Waals surface area contributed by atoms with E-state index in [1.165, 1.54) is 31.4 Å². The summed E-state index contributed by atoms with van der Waals surface area (Å²) in [4.78, 5) is 33.9. The van der Waals surface area contributed by atoms with Crippen molar-refractivity contribution in [3.05, 3.63) is 63.7 Å². The number of carbonyl (C=O) groups excluding carboxylic acids is 2. The van der Waals surface area contributed by atoms with E-state index in [-0.39, 0.29) is 17.9 Å². The number of hydrogen-bond acceptors (Lipinski definition) is 6. The summed E-state index contributed by atoms with van der Waals surface area (Å²) < 4.78 is 10.0. The number of anilines is 1. The largest absolute Gasteiger partial charge is 0.484 e. The maximum Gasteiger partial charge on any atom is 0.340 e. The van der Waals surface area contributed by atoms with Crippen molar-refractivity contribution in [3.63, 3.8) is 0 Å². The van der Waals surface area contributed by atoms with Crippen LogP contribution in [0.2, 0.25) is 0 Å². The lowest BCUT2D eigenvalue weighted by molar-refractivity contribution is -0.384. The molecule has 2 aromatic carbocycles. The van der Waals surface area contributed by atoms with Crippen LogP contribution in [0.25, 0.3) is 0 Å². The second-order valence-electron chi connectivity index (χ2n) is 5.08. The molecule has 0 radical (unpaired) electrons. The number of nitrogens with one attached hydrogen (secondary N) is 1. The minimum atomic E-state index is -0.551. The highest BCUT2D eigenvalue weighted by Crippen LogP contribution is 2.21. The van der Waals surface area contributed by atoms with Crippen LogP contribution < -0.4 is 10.1 Å². The summed E-state index contributed by atoms with van der Waals surface area (Å²) in [6.45, 7) is 1.42. The van der Waals surface area contributed by atoms with Crippen LogP contribution in [0.5, 0.6) is 5.75 Å². The first kappa shape index (κ1) is 17.9. The van der Waals surface area contributed by atoms with Crippen molar-refractivity contribution in [2.45, 2.75) is 6.92 Å². The number of nitro groups is 1. The molecule has 2 rings (SSSR count). The summed E-state index contributed by atoms with van der Waals surface area (Å²) in [5.41, 5.74) is 1.19. The number of methoxy groups -OCH3 is 1. The zero-order valence-corrected chi connectivity index (χ0v) is 13.6. The van der Waals surface area contributed by atoms with Gasteiger partial charge in [-0.25, -0.2) is 4.79 Å². The Morgan fingerprint density at radius 2 is 1.84 bits per heavy atom. The van der Waals surface area contributed by atoms with Gasteiger partial charge in [-0.1, -0.05) is 12.1 Å². The number of esters is 1. The number of ether oxygens (including phenoxy) is 2. The van der Waals surface area contributed by atoms with Crippen LogP contribution in [-0.2, 0) is 9.53 Å². The number of aryl methyl sites for hydroxylation is 1. The van der Waals surface area contributed by atoms with Gasteiger partial charge >= 0.3 is 5.97 Å². The third-order valence-corrected chi connectivity index (χ3v) is 3.35. The molecule has 1 amide bonds. The molecule has 0 atom stereocenters. The number of non-ortho nitro benzene ring substituents is 1. The Hall–Kier alpha value is -3.42. The number of nitro benzene ring substituents is 1. The molecule has 0 saturated heterocycles. The molecule has 0 spiro atoms. The number of hydrogen-bond donors (Lipinski definition) is 1. The van der Waals surface area contributed by atoms with Gasteiger partial charge in [0, 0.05) is 12.1 Å². The first-order valence-corrected chi connectivity index (χ1v) is 7.27. The fraction of sp³-hybridized carbons (Fsp3) is 0.176. The smallest absolute Gasteiger partial charge is 0.340 e. The minimum absolute atomic E-state index is 0.0701. The molecule has 25 heavy (non-hydrogen) atoms. The second kappa shape index (κ2) is 7.91. The lowest BCUT2D eigenvalue weighted by atomic mass is 10.1. The Labute approximate surface area is 143 Å². The van der Waals surface area contributed by atoms with Crippen LogP contribution in [0.4, 0.5) is 11.4 Å². The van der Waals surface area contributed by atoms with Crippen LogP contribution in [0.1, 0.15) is 15.9 Å². The van der Waals surface area contributed by atoms with E-state index >= 15 is 0 Å². The average Bonchev–Trinajstić information content (AvgIpc) is 2.60. The molecule has 8 heteroatoms. The van der Waals surface area contributed by atoms with Gasteiger partial charge in [0.25, 0.3) is 11.6 Å². The van der Waals surface area contributed by atoms with Crippen molar-refractivity contribution < 1.29 is 24.0 Å². The van der Waals surface area contributed by atoms with E-state index in [9.17, 15) is 19.7 Å². The van der Waals surface area contributed by atoms with E-state index in [2.05, 4.69) is 5.32 Å². The maximum atomic E-state index is 12.0. The molecule has 1 N–H and O–H groups in total. The summed E-state index contributed by atoms with van der Waals surface area (Å²) in [5, 5.41) is 13.2. The summed E-state index contributed by atoms with van der Waals surface area (Å²) in [6.07, 6.45) is 0. The number of rotatable bonds is 6. The maximum absolute atomic E-state index is 12.0. The van der Waals surface area contributed by atoms with Gasteiger partial charge in [0.15, 0.2) is 6.61 Å². The summed E-state index contributed by atoms with van der Waals surface area (Å²) in [5.74, 6) is -0.711. The van der Waals surface area contributed by atoms with Crippen LogP contribution in [0.3, 0.4) is 0 Å².